The third kappa shape index (κ3) is 3.37. The van der Waals surface area contributed by atoms with E-state index in [9.17, 15) is 0 Å². The van der Waals surface area contributed by atoms with Crippen LogP contribution in [0.25, 0.3) is 0 Å². The van der Waals surface area contributed by atoms with Crippen molar-refractivity contribution in [2.75, 3.05) is 27.2 Å². The zero-order chi connectivity index (χ0) is 14.8. The molecule has 0 saturated heterocycles. The summed E-state index contributed by atoms with van der Waals surface area (Å²) in [5.41, 5.74) is 0.484. The van der Waals surface area contributed by atoms with Crippen LogP contribution in [0.1, 0.15) is 52.9 Å². The fraction of sp³-hybridized carbons (Fsp3) is 1.00. The van der Waals surface area contributed by atoms with Crippen molar-refractivity contribution in [1.29, 1.82) is 0 Å². The van der Waals surface area contributed by atoms with E-state index in [4.69, 9.17) is 4.74 Å². The molecule has 0 heterocycles. The molecule has 2 aliphatic carbocycles. The molecule has 0 bridgehead atoms. The van der Waals surface area contributed by atoms with Crippen LogP contribution in [0.2, 0.25) is 0 Å². The highest BCUT2D eigenvalue weighted by molar-refractivity contribution is 5.12. The van der Waals surface area contributed by atoms with Gasteiger partial charge in [-0.2, -0.15) is 0 Å². The second kappa shape index (κ2) is 6.76. The molecule has 2 fully saturated rings. The Morgan fingerprint density at radius 3 is 2.45 bits per heavy atom. The van der Waals surface area contributed by atoms with Gasteiger partial charge in [0.25, 0.3) is 0 Å². The van der Waals surface area contributed by atoms with Crippen molar-refractivity contribution in [2.24, 2.45) is 11.3 Å². The third-order valence-corrected chi connectivity index (χ3v) is 5.22. The summed E-state index contributed by atoms with van der Waals surface area (Å²) in [7, 11) is 4.36. The van der Waals surface area contributed by atoms with E-state index in [1.54, 1.807) is 0 Å². The van der Waals surface area contributed by atoms with Crippen molar-refractivity contribution in [3.05, 3.63) is 0 Å². The van der Waals surface area contributed by atoms with Crippen LogP contribution in [0, 0.1) is 11.3 Å². The summed E-state index contributed by atoms with van der Waals surface area (Å²) in [5.74, 6) is 0.757. The van der Waals surface area contributed by atoms with Crippen LogP contribution in [0.5, 0.6) is 0 Å². The van der Waals surface area contributed by atoms with E-state index < -0.39 is 0 Å². The molecule has 20 heavy (non-hydrogen) atoms. The molecule has 3 unspecified atom stereocenters. The Balaban J connectivity index is 1.90. The largest absolute Gasteiger partial charge is 0.378 e. The Morgan fingerprint density at radius 1 is 1.30 bits per heavy atom. The first kappa shape index (κ1) is 16.3. The minimum atomic E-state index is 0.484. The van der Waals surface area contributed by atoms with Gasteiger partial charge < -0.3 is 15.0 Å². The van der Waals surface area contributed by atoms with Crippen LogP contribution in [0.4, 0.5) is 0 Å². The average Bonchev–Trinajstić information content (AvgIpc) is 2.23. The molecule has 3 atom stereocenters. The van der Waals surface area contributed by atoms with Gasteiger partial charge in [-0.25, -0.2) is 0 Å². The number of likely N-dealkylation sites (N-methyl/N-ethyl adjacent to an activating group) is 1. The predicted octanol–water partition coefficient (Wildman–Crippen LogP) is 2.90. The zero-order valence-corrected chi connectivity index (χ0v) is 14.1. The SMILES string of the molecule is CCOC1CC(NC(CC(C)C)CN(C)C)C12CCC2. The lowest BCUT2D eigenvalue weighted by molar-refractivity contribution is -0.175. The first-order chi connectivity index (χ1) is 9.48. The number of hydrogen-bond donors (Lipinski definition) is 1. The van der Waals surface area contributed by atoms with Crippen molar-refractivity contribution in [2.45, 2.75) is 71.1 Å². The van der Waals surface area contributed by atoms with E-state index >= 15 is 0 Å². The summed E-state index contributed by atoms with van der Waals surface area (Å²) in [6.45, 7) is 8.79. The Bertz CT molecular complexity index is 289. The van der Waals surface area contributed by atoms with E-state index in [0.717, 1.165) is 19.1 Å². The Morgan fingerprint density at radius 2 is 2.00 bits per heavy atom. The van der Waals surface area contributed by atoms with Gasteiger partial charge in [-0.1, -0.05) is 20.3 Å². The average molecular weight is 282 g/mol. The van der Waals surface area contributed by atoms with Gasteiger partial charge in [0.2, 0.25) is 0 Å². The van der Waals surface area contributed by atoms with Crippen LogP contribution in [0.15, 0.2) is 0 Å². The van der Waals surface area contributed by atoms with Crippen LogP contribution in [-0.2, 0) is 4.74 Å². The Kier molecular flexibility index (Phi) is 5.49. The van der Waals surface area contributed by atoms with Gasteiger partial charge in [-0.15, -0.1) is 0 Å². The summed E-state index contributed by atoms with van der Waals surface area (Å²) in [5, 5.41) is 3.98. The summed E-state index contributed by atoms with van der Waals surface area (Å²) >= 11 is 0. The quantitative estimate of drug-likeness (QED) is 0.741. The topological polar surface area (TPSA) is 24.5 Å². The van der Waals surface area contributed by atoms with E-state index in [2.05, 4.69) is 45.1 Å². The van der Waals surface area contributed by atoms with Crippen LogP contribution >= 0.6 is 0 Å². The van der Waals surface area contributed by atoms with Gasteiger partial charge in [-0.05, 0) is 52.6 Å². The van der Waals surface area contributed by atoms with Gasteiger partial charge >= 0.3 is 0 Å². The molecule has 0 aromatic heterocycles. The standard InChI is InChI=1S/C17H34N2O/c1-6-20-16-11-15(17(16)8-7-9-17)18-14(10-13(2)3)12-19(4)5/h13-16,18H,6-12H2,1-5H3. The molecular weight excluding hydrogens is 248 g/mol. The zero-order valence-electron chi connectivity index (χ0n) is 14.1. The summed E-state index contributed by atoms with van der Waals surface area (Å²) < 4.78 is 5.96. The molecule has 1 spiro atoms. The predicted molar refractivity (Wildman–Crippen MR) is 85.0 cm³/mol. The molecule has 118 valence electrons. The van der Waals surface area contributed by atoms with Crippen LogP contribution in [0.3, 0.4) is 0 Å². The minimum Gasteiger partial charge on any atom is -0.378 e. The smallest absolute Gasteiger partial charge is 0.0661 e. The molecule has 2 rings (SSSR count). The maximum atomic E-state index is 5.96. The molecule has 2 saturated carbocycles. The number of rotatable bonds is 8. The van der Waals surface area contributed by atoms with Crippen molar-refractivity contribution in [3.8, 4) is 0 Å². The summed E-state index contributed by atoms with van der Waals surface area (Å²) in [6, 6.07) is 1.31. The monoisotopic (exact) mass is 282 g/mol. The lowest BCUT2D eigenvalue weighted by atomic mass is 9.51. The highest BCUT2D eigenvalue weighted by atomic mass is 16.5. The molecule has 0 radical (unpaired) electrons. The molecule has 3 heteroatoms. The normalized spacial score (nSPS) is 29.6. The van der Waals surface area contributed by atoms with Crippen molar-refractivity contribution in [3.63, 3.8) is 0 Å². The molecule has 1 N–H and O–H groups in total. The molecule has 2 aliphatic rings. The van der Waals surface area contributed by atoms with Gasteiger partial charge in [0.05, 0.1) is 6.10 Å². The van der Waals surface area contributed by atoms with Crippen molar-refractivity contribution < 1.29 is 4.74 Å². The van der Waals surface area contributed by atoms with Crippen LogP contribution in [-0.4, -0.2) is 50.3 Å². The second-order valence-corrected chi connectivity index (χ2v) is 7.57. The first-order valence-electron chi connectivity index (χ1n) is 8.50. The lowest BCUT2D eigenvalue weighted by Crippen LogP contribution is -2.68. The molecular formula is C17H34N2O. The minimum absolute atomic E-state index is 0.484. The molecule has 0 amide bonds. The van der Waals surface area contributed by atoms with Crippen LogP contribution < -0.4 is 5.32 Å². The van der Waals surface area contributed by atoms with Gasteiger partial charge in [0, 0.05) is 30.7 Å². The van der Waals surface area contributed by atoms with E-state index in [0.29, 0.717) is 23.6 Å². The van der Waals surface area contributed by atoms with E-state index in [1.165, 1.54) is 32.1 Å². The van der Waals surface area contributed by atoms with Crippen molar-refractivity contribution >= 4 is 0 Å². The van der Waals surface area contributed by atoms with Gasteiger partial charge in [0.1, 0.15) is 0 Å². The highest BCUT2D eigenvalue weighted by Gasteiger charge is 2.58. The lowest BCUT2D eigenvalue weighted by Gasteiger charge is -2.62. The van der Waals surface area contributed by atoms with Gasteiger partial charge in [0.15, 0.2) is 0 Å². The Labute approximate surface area is 125 Å². The van der Waals surface area contributed by atoms with E-state index in [1.807, 2.05) is 0 Å². The number of hydrogen-bond acceptors (Lipinski definition) is 3. The maximum Gasteiger partial charge on any atom is 0.0661 e. The Hall–Kier alpha value is -0.120. The van der Waals surface area contributed by atoms with E-state index in [-0.39, 0.29) is 0 Å². The molecule has 0 aromatic carbocycles. The fourth-order valence-corrected chi connectivity index (χ4v) is 4.16. The highest BCUT2D eigenvalue weighted by Crippen LogP contribution is 2.57. The third-order valence-electron chi connectivity index (χ3n) is 5.22. The number of ether oxygens (including phenoxy) is 1. The molecule has 0 aliphatic heterocycles. The first-order valence-corrected chi connectivity index (χ1v) is 8.50. The number of nitrogens with one attached hydrogen (secondary N) is 1. The second-order valence-electron chi connectivity index (χ2n) is 7.57. The van der Waals surface area contributed by atoms with Crippen molar-refractivity contribution in [1.82, 2.24) is 10.2 Å². The molecule has 3 nitrogen and oxygen atoms in total. The summed E-state index contributed by atoms with van der Waals surface area (Å²) in [4.78, 5) is 2.31. The number of nitrogens with zero attached hydrogens (tertiary/aromatic N) is 1. The fourth-order valence-electron chi connectivity index (χ4n) is 4.16. The molecule has 0 aromatic rings. The van der Waals surface area contributed by atoms with Gasteiger partial charge in [-0.3, -0.25) is 0 Å². The summed E-state index contributed by atoms with van der Waals surface area (Å²) in [6.07, 6.45) is 7.14. The maximum absolute atomic E-state index is 5.96.